The molecule has 5 atom stereocenters. The fraction of sp³-hybridized carbons (Fsp3) is 0.750. The first-order valence-corrected chi connectivity index (χ1v) is 11.9. The van der Waals surface area contributed by atoms with E-state index in [0.717, 1.165) is 16.8 Å². The van der Waals surface area contributed by atoms with Gasteiger partial charge in [-0.3, -0.25) is 19.1 Å². The standard InChI is InChI=1S/C20H30F3N4O6P/c1-12(2)27(13(3)4)34(30-10-8-24-6)31-11-15-14(5)17(33-20(21,22)23)18(32-15)26-9-7-16(28)25-19(26)29/h7,9,12-15,17-18H,8,10-11H2,1-5H3,(H,25,28,29)/t14-,15-,17-,18-,34?/m1/s1. The minimum absolute atomic E-state index is 0.0368. The third kappa shape index (κ3) is 7.60. The number of alkyl halides is 3. The Morgan fingerprint density at radius 3 is 2.44 bits per heavy atom. The van der Waals surface area contributed by atoms with E-state index in [-0.39, 0.29) is 31.8 Å². The molecular weight excluding hydrogens is 480 g/mol. The van der Waals surface area contributed by atoms with Crippen LogP contribution in [0.4, 0.5) is 13.2 Å². The van der Waals surface area contributed by atoms with Gasteiger partial charge in [-0.15, -0.1) is 13.2 Å². The molecule has 0 aromatic carbocycles. The summed E-state index contributed by atoms with van der Waals surface area (Å²) in [5, 5.41) is 0. The molecule has 1 aromatic rings. The molecular formula is C20H30F3N4O6P. The molecule has 192 valence electrons. The summed E-state index contributed by atoms with van der Waals surface area (Å²) in [5.41, 5.74) is -1.61. The average molecular weight is 510 g/mol. The average Bonchev–Trinajstić information content (AvgIpc) is 2.99. The van der Waals surface area contributed by atoms with Gasteiger partial charge in [0.05, 0.1) is 12.7 Å². The van der Waals surface area contributed by atoms with Gasteiger partial charge in [0, 0.05) is 30.3 Å². The van der Waals surface area contributed by atoms with Crippen LogP contribution in [-0.2, 0) is 18.5 Å². The maximum absolute atomic E-state index is 13.1. The highest BCUT2D eigenvalue weighted by Gasteiger charge is 2.50. The zero-order valence-electron chi connectivity index (χ0n) is 19.6. The number of nitrogens with one attached hydrogen (secondary N) is 1. The normalized spacial score (nSPS) is 24.2. The first-order valence-electron chi connectivity index (χ1n) is 10.7. The highest BCUT2D eigenvalue weighted by Crippen LogP contribution is 2.47. The molecule has 0 spiro atoms. The molecule has 0 radical (unpaired) electrons. The van der Waals surface area contributed by atoms with Crippen LogP contribution in [-0.4, -0.2) is 64.6 Å². The van der Waals surface area contributed by atoms with Crippen molar-refractivity contribution in [3.63, 3.8) is 0 Å². The van der Waals surface area contributed by atoms with Crippen LogP contribution in [0.5, 0.6) is 0 Å². The number of nitrogens with zero attached hydrogens (tertiary/aromatic N) is 3. The smallest absolute Gasteiger partial charge is 0.349 e. The second kappa shape index (κ2) is 12.2. The lowest BCUT2D eigenvalue weighted by Crippen LogP contribution is -2.39. The van der Waals surface area contributed by atoms with E-state index in [4.69, 9.17) is 20.4 Å². The molecule has 0 saturated carbocycles. The van der Waals surface area contributed by atoms with Gasteiger partial charge in [-0.1, -0.05) is 6.92 Å². The number of hydrogen-bond acceptors (Lipinski definition) is 7. The molecule has 1 unspecified atom stereocenters. The van der Waals surface area contributed by atoms with Crippen LogP contribution in [0, 0.1) is 12.5 Å². The van der Waals surface area contributed by atoms with Gasteiger partial charge in [0.25, 0.3) is 14.1 Å². The van der Waals surface area contributed by atoms with Crippen molar-refractivity contribution in [3.05, 3.63) is 44.5 Å². The monoisotopic (exact) mass is 510 g/mol. The topological polar surface area (TPSA) is 99.4 Å². The van der Waals surface area contributed by atoms with Gasteiger partial charge in [0.15, 0.2) is 6.23 Å². The summed E-state index contributed by atoms with van der Waals surface area (Å²) in [6.07, 6.45) is -7.77. The van der Waals surface area contributed by atoms with E-state index in [0.29, 0.717) is 0 Å². The van der Waals surface area contributed by atoms with Crippen molar-refractivity contribution < 1.29 is 31.7 Å². The molecule has 1 aliphatic rings. The van der Waals surface area contributed by atoms with Gasteiger partial charge < -0.3 is 18.6 Å². The van der Waals surface area contributed by atoms with Crippen molar-refractivity contribution in [1.29, 1.82) is 0 Å². The fourth-order valence-corrected chi connectivity index (χ4v) is 5.27. The van der Waals surface area contributed by atoms with Crippen molar-refractivity contribution >= 4 is 8.53 Å². The van der Waals surface area contributed by atoms with Gasteiger partial charge in [-0.05, 0) is 27.7 Å². The lowest BCUT2D eigenvalue weighted by molar-refractivity contribution is -0.353. The van der Waals surface area contributed by atoms with E-state index < -0.39 is 50.5 Å². The van der Waals surface area contributed by atoms with Gasteiger partial charge in [0.2, 0.25) is 6.54 Å². The molecule has 0 aliphatic carbocycles. The minimum Gasteiger partial charge on any atom is -0.349 e. The van der Waals surface area contributed by atoms with Gasteiger partial charge in [0.1, 0.15) is 12.7 Å². The number of aromatic nitrogens is 2. The molecule has 1 fully saturated rings. The summed E-state index contributed by atoms with van der Waals surface area (Å²) in [6, 6.07) is 1.09. The van der Waals surface area contributed by atoms with Crippen LogP contribution in [0.3, 0.4) is 0 Å². The zero-order chi connectivity index (χ0) is 25.6. The third-order valence-corrected chi connectivity index (χ3v) is 7.17. The van der Waals surface area contributed by atoms with Crippen molar-refractivity contribution in [2.75, 3.05) is 19.8 Å². The highest BCUT2D eigenvalue weighted by molar-refractivity contribution is 7.44. The molecule has 34 heavy (non-hydrogen) atoms. The van der Waals surface area contributed by atoms with Crippen molar-refractivity contribution in [3.8, 4) is 0 Å². The largest absolute Gasteiger partial charge is 0.522 e. The van der Waals surface area contributed by atoms with Crippen LogP contribution in [0.15, 0.2) is 21.9 Å². The Kier molecular flexibility index (Phi) is 10.2. The molecule has 1 aliphatic heterocycles. The molecule has 2 rings (SSSR count). The molecule has 14 heteroatoms. The molecule has 0 amide bonds. The Balaban J connectivity index is 2.26. The predicted octanol–water partition coefficient (Wildman–Crippen LogP) is 3.27. The van der Waals surface area contributed by atoms with Crippen LogP contribution < -0.4 is 11.2 Å². The first kappa shape index (κ1) is 28.4. The Bertz CT molecular complexity index is 940. The predicted molar refractivity (Wildman–Crippen MR) is 118 cm³/mol. The second-order valence-corrected chi connectivity index (χ2v) is 9.74. The number of halogens is 3. The van der Waals surface area contributed by atoms with Crippen LogP contribution >= 0.6 is 8.53 Å². The Labute approximate surface area is 196 Å². The van der Waals surface area contributed by atoms with E-state index in [2.05, 4.69) is 9.58 Å². The lowest BCUT2D eigenvalue weighted by atomic mass is 10.0. The zero-order valence-corrected chi connectivity index (χ0v) is 20.5. The Morgan fingerprint density at radius 2 is 1.91 bits per heavy atom. The van der Waals surface area contributed by atoms with Gasteiger partial charge >= 0.3 is 12.1 Å². The fourth-order valence-electron chi connectivity index (χ4n) is 3.66. The Morgan fingerprint density at radius 1 is 1.26 bits per heavy atom. The molecule has 1 saturated heterocycles. The Hall–Kier alpha value is -1.81. The van der Waals surface area contributed by atoms with Crippen molar-refractivity contribution in [2.45, 2.75) is 71.5 Å². The maximum Gasteiger partial charge on any atom is 0.522 e. The lowest BCUT2D eigenvalue weighted by Gasteiger charge is -2.36. The molecule has 10 nitrogen and oxygen atoms in total. The van der Waals surface area contributed by atoms with Gasteiger partial charge in [-0.2, -0.15) is 0 Å². The summed E-state index contributed by atoms with van der Waals surface area (Å²) in [7, 11) is -1.64. The number of H-pyrrole nitrogens is 1. The van der Waals surface area contributed by atoms with Crippen LogP contribution in [0.25, 0.3) is 4.85 Å². The van der Waals surface area contributed by atoms with E-state index in [1.165, 1.54) is 6.92 Å². The van der Waals surface area contributed by atoms with Crippen LogP contribution in [0.1, 0.15) is 40.8 Å². The van der Waals surface area contributed by atoms with E-state index >= 15 is 0 Å². The quantitative estimate of drug-likeness (QED) is 0.277. The number of ether oxygens (including phenoxy) is 2. The van der Waals surface area contributed by atoms with Crippen LogP contribution in [0.2, 0.25) is 0 Å². The van der Waals surface area contributed by atoms with Crippen molar-refractivity contribution in [1.82, 2.24) is 14.2 Å². The van der Waals surface area contributed by atoms with E-state index in [1.807, 2.05) is 37.3 Å². The number of hydrogen-bond donors (Lipinski definition) is 1. The second-order valence-electron chi connectivity index (χ2n) is 8.29. The summed E-state index contributed by atoms with van der Waals surface area (Å²) < 4.78 is 64.1. The molecule has 1 N–H and O–H groups in total. The molecule has 2 heterocycles. The van der Waals surface area contributed by atoms with Gasteiger partial charge in [-0.25, -0.2) is 16.0 Å². The van der Waals surface area contributed by atoms with E-state index in [1.54, 1.807) is 0 Å². The first-order chi connectivity index (χ1) is 15.9. The summed E-state index contributed by atoms with van der Waals surface area (Å²) >= 11 is 0. The number of rotatable bonds is 11. The van der Waals surface area contributed by atoms with E-state index in [9.17, 15) is 22.8 Å². The molecule has 0 bridgehead atoms. The summed E-state index contributed by atoms with van der Waals surface area (Å²) in [6.45, 7) is 16.4. The number of aromatic amines is 1. The van der Waals surface area contributed by atoms with Crippen molar-refractivity contribution in [2.24, 2.45) is 5.92 Å². The minimum atomic E-state index is -4.97. The molecule has 1 aromatic heterocycles. The third-order valence-electron chi connectivity index (χ3n) is 5.10. The SMILES string of the molecule is [C-]#[N+]CCOP(OC[C@H]1O[C@@H](n2ccc(=O)[nH]c2=O)[C@H](OC(F)(F)F)[C@@H]1C)N(C(C)C)C(C)C. The summed E-state index contributed by atoms with van der Waals surface area (Å²) in [4.78, 5) is 28.9. The summed E-state index contributed by atoms with van der Waals surface area (Å²) in [5.74, 6) is -0.822. The highest BCUT2D eigenvalue weighted by atomic mass is 31.2. The maximum atomic E-state index is 13.1.